The van der Waals surface area contributed by atoms with Gasteiger partial charge in [0, 0.05) is 26.7 Å². The molecule has 13 heteroatoms. The minimum absolute atomic E-state index is 0.0878. The van der Waals surface area contributed by atoms with Crippen molar-refractivity contribution in [3.8, 4) is 0 Å². The van der Waals surface area contributed by atoms with Crippen molar-refractivity contribution in [3.05, 3.63) is 35.9 Å². The van der Waals surface area contributed by atoms with E-state index in [1.165, 1.54) is 6.92 Å². The number of hydrogen-bond acceptors (Lipinski definition) is 8. The SMILES string of the molecule is CCCCOC[C@H]1O[C@H](C(F)(F)C/C(=N/C(=O)OCc2ccccc2)C(=O)O)[C@H](NC(C)=O)[C@@H](OCCCC)[C@H]1OCCCC. The molecular formula is C32H48F2N2O9. The summed E-state index contributed by atoms with van der Waals surface area (Å²) in [6.45, 7) is 7.68. The molecule has 11 nitrogen and oxygen atoms in total. The molecule has 0 bridgehead atoms. The second kappa shape index (κ2) is 20.2. The van der Waals surface area contributed by atoms with Gasteiger partial charge in [0.25, 0.3) is 5.92 Å². The molecule has 45 heavy (non-hydrogen) atoms. The average molecular weight is 643 g/mol. The predicted octanol–water partition coefficient (Wildman–Crippen LogP) is 5.33. The van der Waals surface area contributed by atoms with Crippen molar-refractivity contribution in [1.29, 1.82) is 0 Å². The lowest BCUT2D eigenvalue weighted by Crippen LogP contribution is -2.69. The maximum Gasteiger partial charge on any atom is 0.434 e. The molecule has 0 radical (unpaired) electrons. The largest absolute Gasteiger partial charge is 0.477 e. The number of carboxylic acid groups (broad SMARTS) is 1. The zero-order valence-electron chi connectivity index (χ0n) is 26.7. The highest BCUT2D eigenvalue weighted by molar-refractivity contribution is 6.37. The van der Waals surface area contributed by atoms with Crippen LogP contribution in [0, 0.1) is 0 Å². The minimum Gasteiger partial charge on any atom is -0.477 e. The summed E-state index contributed by atoms with van der Waals surface area (Å²) in [5.41, 5.74) is -0.516. The number of halogens is 2. The van der Waals surface area contributed by atoms with Crippen molar-refractivity contribution < 1.29 is 52.0 Å². The van der Waals surface area contributed by atoms with Crippen LogP contribution in [0.3, 0.4) is 0 Å². The molecule has 1 heterocycles. The number of unbranched alkanes of at least 4 members (excludes halogenated alkanes) is 3. The van der Waals surface area contributed by atoms with Gasteiger partial charge in [-0.2, -0.15) is 4.99 Å². The fourth-order valence-electron chi connectivity index (χ4n) is 4.75. The van der Waals surface area contributed by atoms with Crippen molar-refractivity contribution >= 4 is 23.7 Å². The molecular weight excluding hydrogens is 594 g/mol. The van der Waals surface area contributed by atoms with Gasteiger partial charge >= 0.3 is 12.1 Å². The van der Waals surface area contributed by atoms with Crippen LogP contribution in [0.4, 0.5) is 13.6 Å². The molecule has 1 saturated heterocycles. The first kappa shape index (κ1) is 38.2. The molecule has 5 atom stereocenters. The van der Waals surface area contributed by atoms with Crippen LogP contribution in [0.5, 0.6) is 0 Å². The van der Waals surface area contributed by atoms with Crippen LogP contribution >= 0.6 is 0 Å². The predicted molar refractivity (Wildman–Crippen MR) is 163 cm³/mol. The summed E-state index contributed by atoms with van der Waals surface area (Å²) in [6.07, 6.45) is -3.28. The Balaban J connectivity index is 2.42. The molecule has 1 aliphatic rings. The van der Waals surface area contributed by atoms with E-state index in [-0.39, 0.29) is 19.8 Å². The van der Waals surface area contributed by atoms with Crippen LogP contribution in [-0.2, 0) is 39.9 Å². The Morgan fingerprint density at radius 1 is 0.956 bits per heavy atom. The normalized spacial score (nSPS) is 22.2. The summed E-state index contributed by atoms with van der Waals surface area (Å²) in [5.74, 6) is -6.38. The molecule has 1 aliphatic heterocycles. The van der Waals surface area contributed by atoms with Crippen molar-refractivity contribution in [1.82, 2.24) is 5.32 Å². The van der Waals surface area contributed by atoms with Gasteiger partial charge in [-0.05, 0) is 24.8 Å². The topological polar surface area (TPSA) is 142 Å². The number of amides is 2. The molecule has 2 amide bonds. The van der Waals surface area contributed by atoms with Gasteiger partial charge in [-0.15, -0.1) is 0 Å². The Kier molecular flexibility index (Phi) is 17.1. The summed E-state index contributed by atoms with van der Waals surface area (Å²) in [5, 5.41) is 12.3. The number of carbonyl (C=O) groups is 3. The summed E-state index contributed by atoms with van der Waals surface area (Å²) in [6, 6.07) is 7.11. The summed E-state index contributed by atoms with van der Waals surface area (Å²) < 4.78 is 61.4. The second-order valence-electron chi connectivity index (χ2n) is 11.0. The summed E-state index contributed by atoms with van der Waals surface area (Å²) in [4.78, 5) is 40.0. The molecule has 0 saturated carbocycles. The van der Waals surface area contributed by atoms with E-state index in [9.17, 15) is 19.5 Å². The van der Waals surface area contributed by atoms with Crippen LogP contribution in [0.1, 0.15) is 78.2 Å². The maximum absolute atomic E-state index is 16.2. The third-order valence-electron chi connectivity index (χ3n) is 7.10. The lowest BCUT2D eigenvalue weighted by atomic mass is 9.87. The number of carbonyl (C=O) groups excluding carboxylic acids is 2. The third kappa shape index (κ3) is 13.1. The number of ether oxygens (including phenoxy) is 5. The number of carboxylic acids is 1. The number of nitrogens with zero attached hydrogens (tertiary/aromatic N) is 1. The second-order valence-corrected chi connectivity index (χ2v) is 11.0. The van der Waals surface area contributed by atoms with Crippen molar-refractivity contribution in [2.24, 2.45) is 4.99 Å². The monoisotopic (exact) mass is 642 g/mol. The highest BCUT2D eigenvalue weighted by atomic mass is 19.3. The summed E-state index contributed by atoms with van der Waals surface area (Å²) in [7, 11) is 0. The van der Waals surface area contributed by atoms with Crippen LogP contribution in [0.15, 0.2) is 35.3 Å². The van der Waals surface area contributed by atoms with Gasteiger partial charge in [-0.3, -0.25) is 4.79 Å². The van der Waals surface area contributed by atoms with E-state index < -0.39 is 66.5 Å². The zero-order chi connectivity index (χ0) is 33.2. The number of hydrogen-bond donors (Lipinski definition) is 2. The molecule has 1 aromatic rings. The smallest absolute Gasteiger partial charge is 0.434 e. The van der Waals surface area contributed by atoms with E-state index in [0.717, 1.165) is 25.7 Å². The first-order valence-corrected chi connectivity index (χ1v) is 15.7. The average Bonchev–Trinajstić information content (AvgIpc) is 2.99. The fourth-order valence-corrected chi connectivity index (χ4v) is 4.75. The number of nitrogens with one attached hydrogen (secondary N) is 1. The molecule has 0 aromatic heterocycles. The highest BCUT2D eigenvalue weighted by Crippen LogP contribution is 2.37. The maximum atomic E-state index is 16.2. The highest BCUT2D eigenvalue weighted by Gasteiger charge is 2.57. The Morgan fingerprint density at radius 3 is 2.13 bits per heavy atom. The third-order valence-corrected chi connectivity index (χ3v) is 7.10. The van der Waals surface area contributed by atoms with E-state index in [2.05, 4.69) is 10.3 Å². The van der Waals surface area contributed by atoms with E-state index >= 15 is 8.78 Å². The quantitative estimate of drug-likeness (QED) is 0.143. The van der Waals surface area contributed by atoms with Crippen LogP contribution < -0.4 is 5.32 Å². The molecule has 0 aliphatic carbocycles. The summed E-state index contributed by atoms with van der Waals surface area (Å²) >= 11 is 0. The minimum atomic E-state index is -3.94. The lowest BCUT2D eigenvalue weighted by Gasteiger charge is -2.48. The first-order valence-electron chi connectivity index (χ1n) is 15.7. The Bertz CT molecular complexity index is 1070. The van der Waals surface area contributed by atoms with Gasteiger partial charge in [0.2, 0.25) is 5.91 Å². The van der Waals surface area contributed by atoms with E-state index in [0.29, 0.717) is 31.6 Å². The van der Waals surface area contributed by atoms with Crippen molar-refractivity contribution in [3.63, 3.8) is 0 Å². The van der Waals surface area contributed by atoms with Gasteiger partial charge in [0.1, 0.15) is 36.7 Å². The fraction of sp³-hybridized carbons (Fsp3) is 0.688. The number of aliphatic imine (C=N–C) groups is 1. The molecule has 2 rings (SSSR count). The molecule has 0 spiro atoms. The Labute approximate surface area is 264 Å². The van der Waals surface area contributed by atoms with Gasteiger partial charge in [0.05, 0.1) is 19.1 Å². The van der Waals surface area contributed by atoms with Crippen molar-refractivity contribution in [2.45, 2.75) is 116 Å². The zero-order valence-corrected chi connectivity index (χ0v) is 26.7. The Hall–Kier alpha value is -3.00. The van der Waals surface area contributed by atoms with Gasteiger partial charge in [-0.1, -0.05) is 70.4 Å². The van der Waals surface area contributed by atoms with Crippen LogP contribution in [-0.4, -0.2) is 91.6 Å². The molecule has 0 unspecified atom stereocenters. The van der Waals surface area contributed by atoms with Gasteiger partial charge < -0.3 is 34.1 Å². The molecule has 2 N–H and O–H groups in total. The van der Waals surface area contributed by atoms with E-state index in [1.54, 1.807) is 30.3 Å². The molecule has 254 valence electrons. The van der Waals surface area contributed by atoms with Gasteiger partial charge in [-0.25, -0.2) is 18.4 Å². The number of benzene rings is 1. The Morgan fingerprint density at radius 2 is 1.56 bits per heavy atom. The van der Waals surface area contributed by atoms with Crippen LogP contribution in [0.2, 0.25) is 0 Å². The van der Waals surface area contributed by atoms with Crippen LogP contribution in [0.25, 0.3) is 0 Å². The standard InChI is InChI=1S/C32H48F2N2O9/c1-5-8-16-41-21-25-27(42-17-9-6-2)28(43-18-10-7-3)26(35-22(4)37)29(45-25)32(33,34)19-24(30(38)39)36-31(40)44-20-23-14-12-11-13-15-23/h11-15,25-29H,5-10,16-21H2,1-4H3,(H,35,37)(H,38,39)/b36-24-/t25-,26-,27+,28-,29+/m1/s1. The number of alkyl halides is 2. The molecule has 1 fully saturated rings. The number of aliphatic carboxylic acids is 1. The van der Waals surface area contributed by atoms with Gasteiger partial charge in [0.15, 0.2) is 0 Å². The number of rotatable bonds is 20. The van der Waals surface area contributed by atoms with E-state index in [4.69, 9.17) is 23.7 Å². The molecule has 1 aromatic carbocycles. The van der Waals surface area contributed by atoms with Crippen molar-refractivity contribution in [2.75, 3.05) is 26.4 Å². The first-order chi connectivity index (χ1) is 21.5. The van der Waals surface area contributed by atoms with E-state index in [1.807, 2.05) is 20.8 Å². The lowest BCUT2D eigenvalue weighted by molar-refractivity contribution is -0.268.